The standard InChI is InChI=1S/C29H31N5O2/c1-32-11-13-34(14-12-32)29(36)20-7-8-23-24-16-21(17-25(28(30)35)27(24)31-26(23)18-20)19-5-4-6-22(15-19)33-9-2-3-10-33/h4-8,15-18,31H,2-3,9-14H2,1H3,(H2,30,35). The molecule has 0 bridgehead atoms. The van der Waals surface area contributed by atoms with E-state index in [4.69, 9.17) is 5.73 Å². The lowest BCUT2D eigenvalue weighted by atomic mass is 9.98. The number of likely N-dealkylation sites (N-methyl/N-ethyl adjacent to an activating group) is 1. The van der Waals surface area contributed by atoms with Crippen LogP contribution in [0.25, 0.3) is 32.9 Å². The monoisotopic (exact) mass is 481 g/mol. The molecule has 0 atom stereocenters. The average Bonchev–Trinajstić information content (AvgIpc) is 3.56. The Morgan fingerprint density at radius 2 is 1.61 bits per heavy atom. The molecule has 0 spiro atoms. The number of benzene rings is 3. The van der Waals surface area contributed by atoms with E-state index in [1.807, 2.05) is 29.2 Å². The van der Waals surface area contributed by atoms with Gasteiger partial charge in [-0.05, 0) is 67.4 Å². The number of aromatic amines is 1. The van der Waals surface area contributed by atoms with E-state index >= 15 is 0 Å². The number of hydrogen-bond donors (Lipinski definition) is 2. The average molecular weight is 482 g/mol. The first-order chi connectivity index (χ1) is 17.5. The maximum Gasteiger partial charge on any atom is 0.254 e. The summed E-state index contributed by atoms with van der Waals surface area (Å²) in [5, 5.41) is 1.90. The third-order valence-electron chi connectivity index (χ3n) is 7.66. The lowest BCUT2D eigenvalue weighted by Crippen LogP contribution is -2.47. The number of amides is 2. The minimum absolute atomic E-state index is 0.0400. The van der Waals surface area contributed by atoms with E-state index in [1.54, 1.807) is 0 Å². The number of carbonyl (C=O) groups is 2. The zero-order valence-electron chi connectivity index (χ0n) is 20.6. The number of nitrogens with one attached hydrogen (secondary N) is 1. The molecule has 2 aliphatic rings. The fourth-order valence-corrected chi connectivity index (χ4v) is 5.55. The third kappa shape index (κ3) is 3.99. The molecular formula is C29H31N5O2. The van der Waals surface area contributed by atoms with E-state index in [9.17, 15) is 9.59 Å². The van der Waals surface area contributed by atoms with Crippen molar-refractivity contribution in [2.24, 2.45) is 5.73 Å². The van der Waals surface area contributed by atoms with Gasteiger partial charge in [0.2, 0.25) is 0 Å². The lowest BCUT2D eigenvalue weighted by Gasteiger charge is -2.32. The van der Waals surface area contributed by atoms with Gasteiger partial charge in [-0.1, -0.05) is 18.2 Å². The Morgan fingerprint density at radius 3 is 2.36 bits per heavy atom. The van der Waals surface area contributed by atoms with Gasteiger partial charge in [0.1, 0.15) is 0 Å². The Bertz CT molecular complexity index is 1480. The van der Waals surface area contributed by atoms with Gasteiger partial charge in [-0.2, -0.15) is 0 Å². The van der Waals surface area contributed by atoms with E-state index < -0.39 is 5.91 Å². The number of fused-ring (bicyclic) bond motifs is 3. The maximum atomic E-state index is 13.1. The zero-order valence-corrected chi connectivity index (χ0v) is 20.6. The number of piperazine rings is 1. The van der Waals surface area contributed by atoms with Crippen LogP contribution in [0.2, 0.25) is 0 Å². The van der Waals surface area contributed by atoms with Gasteiger partial charge in [0.05, 0.1) is 11.1 Å². The molecule has 184 valence electrons. The zero-order chi connectivity index (χ0) is 24.8. The minimum Gasteiger partial charge on any atom is -0.372 e. The molecule has 0 saturated carbocycles. The number of hydrogen-bond acceptors (Lipinski definition) is 4. The number of nitrogens with two attached hydrogens (primary N) is 1. The third-order valence-corrected chi connectivity index (χ3v) is 7.66. The second-order valence-corrected chi connectivity index (χ2v) is 10.0. The summed E-state index contributed by atoms with van der Waals surface area (Å²) in [5.41, 5.74) is 11.7. The van der Waals surface area contributed by atoms with Crippen LogP contribution >= 0.6 is 0 Å². The van der Waals surface area contributed by atoms with E-state index in [0.717, 1.165) is 66.7 Å². The quantitative estimate of drug-likeness (QED) is 0.460. The van der Waals surface area contributed by atoms with E-state index in [-0.39, 0.29) is 5.91 Å². The Labute approximate surface area is 210 Å². The molecule has 3 heterocycles. The molecule has 3 aromatic carbocycles. The first-order valence-corrected chi connectivity index (χ1v) is 12.7. The van der Waals surface area contributed by atoms with Crippen molar-refractivity contribution in [1.82, 2.24) is 14.8 Å². The van der Waals surface area contributed by atoms with Crippen LogP contribution in [0.1, 0.15) is 33.6 Å². The molecule has 0 aliphatic carbocycles. The molecule has 7 heteroatoms. The first-order valence-electron chi connectivity index (χ1n) is 12.7. The number of carbonyl (C=O) groups excluding carboxylic acids is 2. The molecule has 36 heavy (non-hydrogen) atoms. The Balaban J connectivity index is 1.42. The topological polar surface area (TPSA) is 85.7 Å². The van der Waals surface area contributed by atoms with Crippen LogP contribution in [0.4, 0.5) is 5.69 Å². The van der Waals surface area contributed by atoms with Crippen molar-refractivity contribution in [3.63, 3.8) is 0 Å². The van der Waals surface area contributed by atoms with Crippen LogP contribution in [0.5, 0.6) is 0 Å². The van der Waals surface area contributed by atoms with Crippen molar-refractivity contribution >= 4 is 39.3 Å². The van der Waals surface area contributed by atoms with Crippen LogP contribution in [0, 0.1) is 0 Å². The van der Waals surface area contributed by atoms with E-state index in [2.05, 4.69) is 52.2 Å². The molecule has 1 aromatic heterocycles. The molecule has 2 fully saturated rings. The lowest BCUT2D eigenvalue weighted by molar-refractivity contribution is 0.0664. The molecular weight excluding hydrogens is 450 g/mol. The van der Waals surface area contributed by atoms with Crippen molar-refractivity contribution < 1.29 is 9.59 Å². The molecule has 2 aliphatic heterocycles. The van der Waals surface area contributed by atoms with Crippen LogP contribution in [0.3, 0.4) is 0 Å². The van der Waals surface area contributed by atoms with Gasteiger partial charge in [-0.3, -0.25) is 9.59 Å². The summed E-state index contributed by atoms with van der Waals surface area (Å²) in [6.45, 7) is 5.37. The highest BCUT2D eigenvalue weighted by Gasteiger charge is 2.22. The van der Waals surface area contributed by atoms with E-state index in [0.29, 0.717) is 16.6 Å². The summed E-state index contributed by atoms with van der Waals surface area (Å²) in [5.74, 6) is -0.434. The highest BCUT2D eigenvalue weighted by Crippen LogP contribution is 2.35. The second-order valence-electron chi connectivity index (χ2n) is 10.0. The Hall–Kier alpha value is -3.84. The normalized spacial score (nSPS) is 16.8. The number of primary amides is 1. The summed E-state index contributed by atoms with van der Waals surface area (Å²) in [6.07, 6.45) is 2.44. The summed E-state index contributed by atoms with van der Waals surface area (Å²) >= 11 is 0. The number of aromatic nitrogens is 1. The number of anilines is 1. The van der Waals surface area contributed by atoms with Gasteiger partial charge < -0.3 is 25.4 Å². The number of rotatable bonds is 4. The van der Waals surface area contributed by atoms with Crippen molar-refractivity contribution in [2.75, 3.05) is 51.2 Å². The van der Waals surface area contributed by atoms with Crippen molar-refractivity contribution in [2.45, 2.75) is 12.8 Å². The summed E-state index contributed by atoms with van der Waals surface area (Å²) in [4.78, 5) is 35.5. The molecule has 0 unspecified atom stereocenters. The van der Waals surface area contributed by atoms with Crippen LogP contribution in [-0.4, -0.2) is 72.9 Å². The summed E-state index contributed by atoms with van der Waals surface area (Å²) in [6, 6.07) is 18.2. The fourth-order valence-electron chi connectivity index (χ4n) is 5.55. The predicted octanol–water partition coefficient (Wildman–Crippen LogP) is 4.07. The first kappa shape index (κ1) is 22.6. The maximum absolute atomic E-state index is 13.1. The predicted molar refractivity (Wildman–Crippen MR) is 145 cm³/mol. The molecule has 0 radical (unpaired) electrons. The SMILES string of the molecule is CN1CCN(C(=O)c2ccc3c(c2)[nH]c2c(C(N)=O)cc(-c4cccc(N5CCCC5)c4)cc23)CC1. The molecule has 4 aromatic rings. The van der Waals surface area contributed by atoms with Crippen molar-refractivity contribution in [1.29, 1.82) is 0 Å². The van der Waals surface area contributed by atoms with Crippen LogP contribution < -0.4 is 10.6 Å². The second kappa shape index (κ2) is 8.99. The Morgan fingerprint density at radius 1 is 0.833 bits per heavy atom. The number of H-pyrrole nitrogens is 1. The van der Waals surface area contributed by atoms with Crippen LogP contribution in [0.15, 0.2) is 54.6 Å². The fraction of sp³-hybridized carbons (Fsp3) is 0.310. The molecule has 6 rings (SSSR count). The minimum atomic E-state index is -0.474. The van der Waals surface area contributed by atoms with Gasteiger partial charge >= 0.3 is 0 Å². The molecule has 2 saturated heterocycles. The van der Waals surface area contributed by atoms with Crippen molar-refractivity contribution in [3.8, 4) is 11.1 Å². The Kier molecular flexibility index (Phi) is 5.64. The van der Waals surface area contributed by atoms with Gasteiger partial charge in [0.15, 0.2) is 0 Å². The van der Waals surface area contributed by atoms with Gasteiger partial charge in [0, 0.05) is 66.8 Å². The molecule has 2 amide bonds. The highest BCUT2D eigenvalue weighted by molar-refractivity contribution is 6.17. The van der Waals surface area contributed by atoms with Gasteiger partial charge in [-0.15, -0.1) is 0 Å². The molecule has 7 nitrogen and oxygen atoms in total. The summed E-state index contributed by atoms with van der Waals surface area (Å²) in [7, 11) is 2.07. The summed E-state index contributed by atoms with van der Waals surface area (Å²) < 4.78 is 0. The van der Waals surface area contributed by atoms with Crippen LogP contribution in [-0.2, 0) is 0 Å². The highest BCUT2D eigenvalue weighted by atomic mass is 16.2. The van der Waals surface area contributed by atoms with Gasteiger partial charge in [-0.25, -0.2) is 0 Å². The van der Waals surface area contributed by atoms with Crippen molar-refractivity contribution in [3.05, 3.63) is 65.7 Å². The number of nitrogens with zero attached hydrogens (tertiary/aromatic N) is 3. The van der Waals surface area contributed by atoms with Gasteiger partial charge in [0.25, 0.3) is 11.8 Å². The largest absolute Gasteiger partial charge is 0.372 e. The smallest absolute Gasteiger partial charge is 0.254 e. The van der Waals surface area contributed by atoms with E-state index in [1.165, 1.54) is 18.5 Å². The molecule has 3 N–H and O–H groups in total.